The smallest absolute Gasteiger partial charge is 0.00955 e. The Kier molecular flexibility index (Phi) is 4.00. The molecular weight excluding hydrogens is 194 g/mol. The van der Waals surface area contributed by atoms with Crippen LogP contribution in [0.25, 0.3) is 0 Å². The van der Waals surface area contributed by atoms with Gasteiger partial charge in [0.15, 0.2) is 0 Å². The van der Waals surface area contributed by atoms with E-state index in [1.165, 1.54) is 36.8 Å². The first-order valence-electron chi connectivity index (χ1n) is 6.58. The summed E-state index contributed by atoms with van der Waals surface area (Å²) in [6.07, 6.45) is 6.52. The largest absolute Gasteiger partial charge is 0.317 e. The van der Waals surface area contributed by atoms with Gasteiger partial charge in [-0.05, 0) is 49.8 Å². The third-order valence-corrected chi connectivity index (χ3v) is 3.96. The van der Waals surface area contributed by atoms with Gasteiger partial charge in [0.1, 0.15) is 0 Å². The first kappa shape index (κ1) is 11.7. The summed E-state index contributed by atoms with van der Waals surface area (Å²) in [5, 5.41) is 3.46. The van der Waals surface area contributed by atoms with Crippen LogP contribution in [0.2, 0.25) is 0 Å². The number of nitrogens with one attached hydrogen (secondary N) is 1. The highest BCUT2D eigenvalue weighted by Gasteiger charge is 2.25. The molecule has 0 heterocycles. The summed E-state index contributed by atoms with van der Waals surface area (Å²) in [6.45, 7) is 2.21. The topological polar surface area (TPSA) is 12.0 Å². The summed E-state index contributed by atoms with van der Waals surface area (Å²) in [6, 6.07) is 9.91. The van der Waals surface area contributed by atoms with E-state index < -0.39 is 0 Å². The van der Waals surface area contributed by atoms with Gasteiger partial charge in [-0.15, -0.1) is 0 Å². The summed E-state index contributed by atoms with van der Waals surface area (Å²) >= 11 is 0. The first-order chi connectivity index (χ1) is 7.83. The first-order valence-corrected chi connectivity index (χ1v) is 6.58. The molecule has 1 saturated carbocycles. The van der Waals surface area contributed by atoms with Crippen molar-refractivity contribution >= 4 is 0 Å². The van der Waals surface area contributed by atoms with Gasteiger partial charge in [-0.25, -0.2) is 0 Å². The molecule has 1 aliphatic rings. The Hall–Kier alpha value is -0.820. The maximum atomic E-state index is 3.46. The lowest BCUT2D eigenvalue weighted by Gasteiger charge is -2.18. The summed E-state index contributed by atoms with van der Waals surface area (Å²) in [5.41, 5.74) is 2.95. The molecule has 1 aliphatic carbocycles. The lowest BCUT2D eigenvalue weighted by atomic mass is 9.94. The molecule has 1 aromatic rings. The van der Waals surface area contributed by atoms with Gasteiger partial charge < -0.3 is 5.32 Å². The van der Waals surface area contributed by atoms with E-state index in [0.29, 0.717) is 0 Å². The molecule has 2 rings (SSSR count). The van der Waals surface area contributed by atoms with Crippen LogP contribution in [0.15, 0.2) is 24.3 Å². The van der Waals surface area contributed by atoms with Crippen molar-refractivity contribution in [1.82, 2.24) is 5.32 Å². The van der Waals surface area contributed by atoms with E-state index in [1.54, 1.807) is 0 Å². The van der Waals surface area contributed by atoms with E-state index in [-0.39, 0.29) is 0 Å². The van der Waals surface area contributed by atoms with Gasteiger partial charge in [0.25, 0.3) is 0 Å². The summed E-state index contributed by atoms with van der Waals surface area (Å²) in [5.74, 6) is 0.845. The Balaban J connectivity index is 1.97. The molecule has 1 aromatic carbocycles. The highest BCUT2D eigenvalue weighted by Crippen LogP contribution is 2.28. The zero-order valence-electron chi connectivity index (χ0n) is 10.5. The SMILES string of the molecule is CCc1ccc(CC2CCCC2NC)cc1. The normalized spacial score (nSPS) is 24.9. The van der Waals surface area contributed by atoms with E-state index in [0.717, 1.165) is 18.4 Å². The van der Waals surface area contributed by atoms with E-state index in [4.69, 9.17) is 0 Å². The molecule has 16 heavy (non-hydrogen) atoms. The lowest BCUT2D eigenvalue weighted by molar-refractivity contribution is 0.423. The molecule has 2 atom stereocenters. The highest BCUT2D eigenvalue weighted by molar-refractivity contribution is 5.23. The molecule has 1 heteroatoms. The standard InChI is InChI=1S/C15H23N/c1-3-12-7-9-13(10-8-12)11-14-5-4-6-15(14)16-2/h7-10,14-16H,3-6,11H2,1-2H3. The van der Waals surface area contributed by atoms with Gasteiger partial charge >= 0.3 is 0 Å². The van der Waals surface area contributed by atoms with Crippen LogP contribution in [0.3, 0.4) is 0 Å². The highest BCUT2D eigenvalue weighted by atomic mass is 14.9. The molecule has 2 unspecified atom stereocenters. The molecule has 88 valence electrons. The van der Waals surface area contributed by atoms with Crippen LogP contribution in [-0.2, 0) is 12.8 Å². The van der Waals surface area contributed by atoms with E-state index >= 15 is 0 Å². The predicted molar refractivity (Wildman–Crippen MR) is 69.7 cm³/mol. The molecule has 0 saturated heterocycles. The summed E-state index contributed by atoms with van der Waals surface area (Å²) in [7, 11) is 2.10. The maximum absolute atomic E-state index is 3.46. The fourth-order valence-corrected chi connectivity index (χ4v) is 2.87. The molecular formula is C15H23N. The van der Waals surface area contributed by atoms with Crippen LogP contribution in [0.4, 0.5) is 0 Å². The van der Waals surface area contributed by atoms with Crippen molar-refractivity contribution in [2.75, 3.05) is 7.05 Å². The molecule has 0 aromatic heterocycles. The Morgan fingerprint density at radius 3 is 2.44 bits per heavy atom. The van der Waals surface area contributed by atoms with E-state index in [9.17, 15) is 0 Å². The molecule has 0 radical (unpaired) electrons. The Bertz CT molecular complexity index is 315. The second-order valence-corrected chi connectivity index (χ2v) is 4.96. The van der Waals surface area contributed by atoms with Gasteiger partial charge in [-0.2, -0.15) is 0 Å². The molecule has 0 amide bonds. The third kappa shape index (κ3) is 2.65. The zero-order chi connectivity index (χ0) is 11.4. The van der Waals surface area contributed by atoms with Crippen molar-refractivity contribution in [3.63, 3.8) is 0 Å². The van der Waals surface area contributed by atoms with Gasteiger partial charge in [-0.3, -0.25) is 0 Å². The number of benzene rings is 1. The molecule has 1 fully saturated rings. The summed E-state index contributed by atoms with van der Waals surface area (Å²) in [4.78, 5) is 0. The van der Waals surface area contributed by atoms with Crippen LogP contribution in [0.1, 0.15) is 37.3 Å². The second-order valence-electron chi connectivity index (χ2n) is 4.96. The lowest BCUT2D eigenvalue weighted by Crippen LogP contribution is -2.30. The van der Waals surface area contributed by atoms with Gasteiger partial charge in [0, 0.05) is 6.04 Å². The van der Waals surface area contributed by atoms with Gasteiger partial charge in [-0.1, -0.05) is 37.6 Å². The number of rotatable bonds is 4. The predicted octanol–water partition coefficient (Wildman–Crippen LogP) is 3.18. The van der Waals surface area contributed by atoms with Crippen molar-refractivity contribution in [1.29, 1.82) is 0 Å². The van der Waals surface area contributed by atoms with Crippen molar-refractivity contribution in [3.05, 3.63) is 35.4 Å². The van der Waals surface area contributed by atoms with Crippen LogP contribution in [0, 0.1) is 5.92 Å². The molecule has 0 aliphatic heterocycles. The summed E-state index contributed by atoms with van der Waals surface area (Å²) < 4.78 is 0. The number of hydrogen-bond donors (Lipinski definition) is 1. The van der Waals surface area contributed by atoms with E-state index in [2.05, 4.69) is 43.6 Å². The minimum Gasteiger partial charge on any atom is -0.317 e. The number of aryl methyl sites for hydroxylation is 1. The fraction of sp³-hybridized carbons (Fsp3) is 0.600. The molecule has 1 nitrogen and oxygen atoms in total. The zero-order valence-corrected chi connectivity index (χ0v) is 10.5. The third-order valence-electron chi connectivity index (χ3n) is 3.96. The minimum atomic E-state index is 0.742. The molecule has 0 spiro atoms. The quantitative estimate of drug-likeness (QED) is 0.817. The van der Waals surface area contributed by atoms with E-state index in [1.807, 2.05) is 0 Å². The number of hydrogen-bond acceptors (Lipinski definition) is 1. The van der Waals surface area contributed by atoms with Crippen LogP contribution >= 0.6 is 0 Å². The minimum absolute atomic E-state index is 0.742. The fourth-order valence-electron chi connectivity index (χ4n) is 2.87. The Morgan fingerprint density at radius 1 is 1.12 bits per heavy atom. The van der Waals surface area contributed by atoms with Crippen molar-refractivity contribution in [3.8, 4) is 0 Å². The average Bonchev–Trinajstić information content (AvgIpc) is 2.77. The average molecular weight is 217 g/mol. The van der Waals surface area contributed by atoms with Crippen LogP contribution in [0.5, 0.6) is 0 Å². The molecule has 1 N–H and O–H groups in total. The van der Waals surface area contributed by atoms with Crippen molar-refractivity contribution in [2.24, 2.45) is 5.92 Å². The van der Waals surface area contributed by atoms with Crippen LogP contribution in [-0.4, -0.2) is 13.1 Å². The molecule has 0 bridgehead atoms. The Labute approximate surface area is 99.3 Å². The second kappa shape index (κ2) is 5.49. The maximum Gasteiger partial charge on any atom is 0.00955 e. The Morgan fingerprint density at radius 2 is 1.81 bits per heavy atom. The van der Waals surface area contributed by atoms with Crippen molar-refractivity contribution in [2.45, 2.75) is 45.1 Å². The monoisotopic (exact) mass is 217 g/mol. The van der Waals surface area contributed by atoms with Crippen molar-refractivity contribution < 1.29 is 0 Å². The van der Waals surface area contributed by atoms with Gasteiger partial charge in [0.05, 0.1) is 0 Å². The van der Waals surface area contributed by atoms with Crippen LogP contribution < -0.4 is 5.32 Å². The van der Waals surface area contributed by atoms with Gasteiger partial charge in [0.2, 0.25) is 0 Å².